The number of aromatic nitrogens is 2. The van der Waals surface area contributed by atoms with E-state index in [-0.39, 0.29) is 5.13 Å². The summed E-state index contributed by atoms with van der Waals surface area (Å²) in [4.78, 5) is 0. The number of nitrogens with one attached hydrogen (secondary N) is 1. The summed E-state index contributed by atoms with van der Waals surface area (Å²) in [6.45, 7) is 2.72. The number of anilines is 1. The van der Waals surface area contributed by atoms with E-state index in [4.69, 9.17) is 0 Å². The van der Waals surface area contributed by atoms with Crippen LogP contribution in [0.15, 0.2) is 0 Å². The molecule has 0 aromatic carbocycles. The van der Waals surface area contributed by atoms with Crippen molar-refractivity contribution in [1.82, 2.24) is 10.2 Å². The van der Waals surface area contributed by atoms with E-state index in [9.17, 15) is 13.2 Å². The predicted molar refractivity (Wildman–Crippen MR) is 43.8 cm³/mol. The molecule has 1 aromatic rings. The van der Waals surface area contributed by atoms with Gasteiger partial charge >= 0.3 is 6.18 Å². The second kappa shape index (κ2) is 3.49. The Morgan fingerprint density at radius 3 is 2.38 bits per heavy atom. The Bertz CT molecular complexity index is 283. The zero-order valence-corrected chi connectivity index (χ0v) is 7.83. The van der Waals surface area contributed by atoms with E-state index in [1.807, 2.05) is 0 Å². The summed E-state index contributed by atoms with van der Waals surface area (Å²) in [6, 6.07) is -1.60. The first-order chi connectivity index (χ1) is 5.89. The Kier molecular flexibility index (Phi) is 2.74. The largest absolute Gasteiger partial charge is 0.408 e. The van der Waals surface area contributed by atoms with Crippen LogP contribution in [0.3, 0.4) is 0 Å². The molecule has 0 fully saturated rings. The highest BCUT2D eigenvalue weighted by molar-refractivity contribution is 7.15. The van der Waals surface area contributed by atoms with E-state index in [1.54, 1.807) is 6.92 Å². The number of hydrogen-bond acceptors (Lipinski definition) is 4. The molecule has 3 nitrogen and oxygen atoms in total. The molecule has 0 aliphatic heterocycles. The van der Waals surface area contributed by atoms with E-state index >= 15 is 0 Å². The second-order valence-corrected chi connectivity index (χ2v) is 3.72. The topological polar surface area (TPSA) is 37.8 Å². The van der Waals surface area contributed by atoms with Gasteiger partial charge in [-0.25, -0.2) is 0 Å². The van der Waals surface area contributed by atoms with Gasteiger partial charge in [-0.3, -0.25) is 0 Å². The monoisotopic (exact) mass is 211 g/mol. The van der Waals surface area contributed by atoms with Crippen molar-refractivity contribution >= 4 is 16.5 Å². The molecule has 1 aromatic heterocycles. The molecule has 0 saturated heterocycles. The first kappa shape index (κ1) is 10.2. The van der Waals surface area contributed by atoms with Crippen LogP contribution in [0.1, 0.15) is 11.9 Å². The quantitative estimate of drug-likeness (QED) is 0.815. The minimum atomic E-state index is -4.25. The smallest absolute Gasteiger partial charge is 0.349 e. The number of aryl methyl sites for hydroxylation is 1. The van der Waals surface area contributed by atoms with Crippen LogP contribution in [0, 0.1) is 6.92 Å². The molecule has 1 N–H and O–H groups in total. The highest BCUT2D eigenvalue weighted by Crippen LogP contribution is 2.24. The van der Waals surface area contributed by atoms with Gasteiger partial charge in [0.25, 0.3) is 0 Å². The van der Waals surface area contributed by atoms with Crippen LogP contribution >= 0.6 is 11.3 Å². The Morgan fingerprint density at radius 1 is 1.38 bits per heavy atom. The Hall–Kier alpha value is -0.850. The maximum Gasteiger partial charge on any atom is 0.408 e. The SMILES string of the molecule is Cc1nnc(NC(C)C(F)(F)F)s1. The van der Waals surface area contributed by atoms with E-state index in [0.717, 1.165) is 18.3 Å². The van der Waals surface area contributed by atoms with Crippen molar-refractivity contribution in [2.45, 2.75) is 26.1 Å². The second-order valence-electron chi connectivity index (χ2n) is 2.53. The standard InChI is InChI=1S/C6H8F3N3S/c1-3(6(7,8)9)10-5-12-11-4(2)13-5/h3H,1-2H3,(H,10,12). The summed E-state index contributed by atoms with van der Waals surface area (Å²) >= 11 is 1.10. The van der Waals surface area contributed by atoms with Crippen LogP contribution in [0.4, 0.5) is 18.3 Å². The van der Waals surface area contributed by atoms with Gasteiger partial charge in [0, 0.05) is 0 Å². The van der Waals surface area contributed by atoms with Crippen molar-refractivity contribution in [3.8, 4) is 0 Å². The molecule has 0 amide bonds. The van der Waals surface area contributed by atoms with Crippen LogP contribution in [0.5, 0.6) is 0 Å². The maximum absolute atomic E-state index is 12.0. The summed E-state index contributed by atoms with van der Waals surface area (Å²) in [6.07, 6.45) is -4.25. The highest BCUT2D eigenvalue weighted by Gasteiger charge is 2.36. The fraction of sp³-hybridized carbons (Fsp3) is 0.667. The number of alkyl halides is 3. The van der Waals surface area contributed by atoms with Crippen molar-refractivity contribution in [3.63, 3.8) is 0 Å². The third-order valence-corrected chi connectivity index (χ3v) is 2.13. The van der Waals surface area contributed by atoms with E-state index in [2.05, 4.69) is 15.5 Å². The van der Waals surface area contributed by atoms with Crippen molar-refractivity contribution < 1.29 is 13.2 Å². The molecule has 74 valence electrons. The van der Waals surface area contributed by atoms with Crippen molar-refractivity contribution in [1.29, 1.82) is 0 Å². The molecule has 1 atom stereocenters. The van der Waals surface area contributed by atoms with Gasteiger partial charge in [0.1, 0.15) is 11.0 Å². The predicted octanol–water partition coefficient (Wildman–Crippen LogP) is 2.21. The lowest BCUT2D eigenvalue weighted by atomic mass is 10.3. The molecular formula is C6H8F3N3S. The lowest BCUT2D eigenvalue weighted by molar-refractivity contribution is -0.138. The van der Waals surface area contributed by atoms with Gasteiger partial charge in [0.2, 0.25) is 5.13 Å². The molecule has 0 saturated carbocycles. The van der Waals surface area contributed by atoms with Gasteiger partial charge in [0.05, 0.1) is 0 Å². The normalized spacial score (nSPS) is 14.2. The van der Waals surface area contributed by atoms with Gasteiger partial charge in [-0.2, -0.15) is 13.2 Å². The molecule has 13 heavy (non-hydrogen) atoms. The van der Waals surface area contributed by atoms with Crippen molar-refractivity contribution in [3.05, 3.63) is 5.01 Å². The maximum atomic E-state index is 12.0. The van der Waals surface area contributed by atoms with Gasteiger partial charge in [-0.1, -0.05) is 11.3 Å². The van der Waals surface area contributed by atoms with Gasteiger partial charge in [-0.05, 0) is 13.8 Å². The highest BCUT2D eigenvalue weighted by atomic mass is 32.1. The molecule has 0 aliphatic rings. The van der Waals surface area contributed by atoms with E-state index in [0.29, 0.717) is 5.01 Å². The summed E-state index contributed by atoms with van der Waals surface area (Å²) in [7, 11) is 0. The minimum Gasteiger partial charge on any atom is -0.349 e. The van der Waals surface area contributed by atoms with Gasteiger partial charge in [-0.15, -0.1) is 10.2 Å². The zero-order chi connectivity index (χ0) is 10.1. The number of hydrogen-bond donors (Lipinski definition) is 1. The third kappa shape index (κ3) is 2.83. The molecular weight excluding hydrogens is 203 g/mol. The fourth-order valence-electron chi connectivity index (χ4n) is 0.622. The molecule has 0 aliphatic carbocycles. The van der Waals surface area contributed by atoms with Gasteiger partial charge < -0.3 is 5.32 Å². The molecule has 0 radical (unpaired) electrons. The first-order valence-corrected chi connectivity index (χ1v) is 4.34. The number of halogens is 3. The summed E-state index contributed by atoms with van der Waals surface area (Å²) in [5.41, 5.74) is 0. The van der Waals surface area contributed by atoms with Crippen LogP contribution in [0.2, 0.25) is 0 Å². The minimum absolute atomic E-state index is 0.197. The lowest BCUT2D eigenvalue weighted by Gasteiger charge is -2.15. The van der Waals surface area contributed by atoms with Crippen molar-refractivity contribution in [2.24, 2.45) is 0 Å². The number of nitrogens with zero attached hydrogens (tertiary/aromatic N) is 2. The van der Waals surface area contributed by atoms with Crippen LogP contribution in [-0.4, -0.2) is 22.4 Å². The zero-order valence-electron chi connectivity index (χ0n) is 7.01. The van der Waals surface area contributed by atoms with E-state index in [1.165, 1.54) is 0 Å². The van der Waals surface area contributed by atoms with Crippen molar-refractivity contribution in [2.75, 3.05) is 5.32 Å². The molecule has 1 rings (SSSR count). The summed E-state index contributed by atoms with van der Waals surface area (Å²) < 4.78 is 36.1. The van der Waals surface area contributed by atoms with E-state index < -0.39 is 12.2 Å². The average Bonchev–Trinajstić information content (AvgIpc) is 2.33. The third-order valence-electron chi connectivity index (χ3n) is 1.36. The average molecular weight is 211 g/mol. The summed E-state index contributed by atoms with van der Waals surface area (Å²) in [5, 5.41) is 10.2. The van der Waals surface area contributed by atoms with Gasteiger partial charge in [0.15, 0.2) is 0 Å². The van der Waals surface area contributed by atoms with Crippen LogP contribution in [0.25, 0.3) is 0 Å². The lowest BCUT2D eigenvalue weighted by Crippen LogP contribution is -2.32. The van der Waals surface area contributed by atoms with Crippen LogP contribution < -0.4 is 5.32 Å². The first-order valence-electron chi connectivity index (χ1n) is 3.53. The molecule has 0 bridgehead atoms. The Morgan fingerprint density at radius 2 is 2.00 bits per heavy atom. The summed E-state index contributed by atoms with van der Waals surface area (Å²) in [5.74, 6) is 0. The van der Waals surface area contributed by atoms with Crippen LogP contribution in [-0.2, 0) is 0 Å². The fourth-order valence-corrected chi connectivity index (χ4v) is 1.30. The number of rotatable bonds is 2. The molecule has 1 heterocycles. The molecule has 1 unspecified atom stereocenters. The molecule has 0 spiro atoms. The Labute approximate surface area is 77.0 Å². The molecule has 7 heteroatoms. The Balaban J connectivity index is 2.60.